The molecule has 6 nitrogen and oxygen atoms in total. The van der Waals surface area contributed by atoms with Gasteiger partial charge in [-0.25, -0.2) is 0 Å². The van der Waals surface area contributed by atoms with Crippen molar-refractivity contribution in [1.82, 2.24) is 4.90 Å². The van der Waals surface area contributed by atoms with Crippen LogP contribution in [0.1, 0.15) is 41.4 Å². The number of hydrogen-bond acceptors (Lipinski definition) is 4. The first-order valence-corrected chi connectivity index (χ1v) is 9.02. The number of anilines is 1. The molecule has 0 radical (unpaired) electrons. The number of amides is 2. The van der Waals surface area contributed by atoms with Gasteiger partial charge < -0.3 is 20.1 Å². The second-order valence-corrected chi connectivity index (χ2v) is 7.55. The summed E-state index contributed by atoms with van der Waals surface area (Å²) < 4.78 is 5.79. The lowest BCUT2D eigenvalue weighted by Gasteiger charge is -2.33. The molecule has 2 aliphatic heterocycles. The van der Waals surface area contributed by atoms with Crippen LogP contribution in [-0.2, 0) is 14.9 Å². The third kappa shape index (κ3) is 3.06. The summed E-state index contributed by atoms with van der Waals surface area (Å²) in [5, 5.41) is 12.5. The number of carbonyl (C=O) groups excluding carboxylic acids is 2. The van der Waals surface area contributed by atoms with Crippen molar-refractivity contribution in [3.63, 3.8) is 0 Å². The molecule has 0 bridgehead atoms. The Bertz CT molecular complexity index is 922. The Morgan fingerprint density at radius 3 is 2.85 bits per heavy atom. The van der Waals surface area contributed by atoms with Crippen LogP contribution in [0.4, 0.5) is 5.69 Å². The van der Waals surface area contributed by atoms with E-state index in [1.165, 1.54) is 0 Å². The maximum atomic E-state index is 13.0. The van der Waals surface area contributed by atoms with Crippen molar-refractivity contribution in [1.29, 1.82) is 0 Å². The summed E-state index contributed by atoms with van der Waals surface area (Å²) in [6.45, 7) is 5.09. The number of ether oxygens (including phenoxy) is 1. The Hall–Kier alpha value is -2.86. The van der Waals surface area contributed by atoms with Crippen LogP contribution in [0.25, 0.3) is 0 Å². The van der Waals surface area contributed by atoms with E-state index in [1.54, 1.807) is 35.2 Å². The van der Waals surface area contributed by atoms with Crippen molar-refractivity contribution >= 4 is 17.5 Å². The molecule has 1 atom stereocenters. The van der Waals surface area contributed by atoms with E-state index in [4.69, 9.17) is 4.74 Å². The van der Waals surface area contributed by atoms with E-state index in [0.717, 1.165) is 11.1 Å². The minimum Gasteiger partial charge on any atom is -0.508 e. The summed E-state index contributed by atoms with van der Waals surface area (Å²) in [7, 11) is 0. The molecular weight excluding hydrogens is 344 g/mol. The van der Waals surface area contributed by atoms with E-state index in [9.17, 15) is 14.7 Å². The van der Waals surface area contributed by atoms with Crippen molar-refractivity contribution in [2.75, 3.05) is 25.0 Å². The zero-order valence-electron chi connectivity index (χ0n) is 15.4. The van der Waals surface area contributed by atoms with Crippen LogP contribution in [0.5, 0.6) is 5.75 Å². The van der Waals surface area contributed by atoms with Crippen LogP contribution >= 0.6 is 0 Å². The number of nitrogens with zero attached hydrogens (tertiary/aromatic N) is 1. The van der Waals surface area contributed by atoms with Crippen molar-refractivity contribution in [2.45, 2.75) is 25.4 Å². The molecule has 2 aliphatic rings. The van der Waals surface area contributed by atoms with Gasteiger partial charge in [0.15, 0.2) is 0 Å². The molecule has 1 unspecified atom stereocenters. The number of fused-ring (bicyclic) bond motifs is 1. The second-order valence-electron chi connectivity index (χ2n) is 7.55. The van der Waals surface area contributed by atoms with E-state index < -0.39 is 5.41 Å². The highest BCUT2D eigenvalue weighted by Gasteiger charge is 2.38. The molecule has 2 N–H and O–H groups in total. The van der Waals surface area contributed by atoms with Gasteiger partial charge in [0.1, 0.15) is 11.9 Å². The predicted octanol–water partition coefficient (Wildman–Crippen LogP) is 2.84. The molecule has 2 amide bonds. The molecule has 2 heterocycles. The fourth-order valence-corrected chi connectivity index (χ4v) is 3.67. The molecule has 0 saturated carbocycles. The Balaban J connectivity index is 1.55. The summed E-state index contributed by atoms with van der Waals surface area (Å²) in [6.07, 6.45) is -0.275. The number of nitrogens with one attached hydrogen (secondary N) is 1. The van der Waals surface area contributed by atoms with Crippen LogP contribution in [0.15, 0.2) is 42.5 Å². The SMILES string of the molecule is CC1(C)C(=O)Nc2cc(C(=O)N3CCOC(c4cccc(O)c4)C3)ccc21. The van der Waals surface area contributed by atoms with Crippen molar-refractivity contribution in [3.05, 3.63) is 59.2 Å². The Morgan fingerprint density at radius 2 is 2.07 bits per heavy atom. The topological polar surface area (TPSA) is 78.9 Å². The lowest BCUT2D eigenvalue weighted by Crippen LogP contribution is -2.42. The van der Waals surface area contributed by atoms with Gasteiger partial charge in [0.25, 0.3) is 5.91 Å². The lowest BCUT2D eigenvalue weighted by atomic mass is 9.86. The van der Waals surface area contributed by atoms with E-state index in [2.05, 4.69) is 5.32 Å². The van der Waals surface area contributed by atoms with E-state index in [1.807, 2.05) is 26.0 Å². The number of phenols is 1. The van der Waals surface area contributed by atoms with Gasteiger partial charge >= 0.3 is 0 Å². The minimum atomic E-state index is -0.587. The van der Waals surface area contributed by atoms with Gasteiger partial charge in [-0.1, -0.05) is 18.2 Å². The monoisotopic (exact) mass is 366 g/mol. The molecule has 4 rings (SSSR count). The van der Waals surface area contributed by atoms with Crippen LogP contribution in [0, 0.1) is 0 Å². The number of phenolic OH excluding ortho intramolecular Hbond substituents is 1. The molecular formula is C21H22N2O4. The predicted molar refractivity (Wildman–Crippen MR) is 101 cm³/mol. The highest BCUT2D eigenvalue weighted by molar-refractivity contribution is 6.07. The summed E-state index contributed by atoms with van der Waals surface area (Å²) in [5.41, 5.74) is 2.41. The maximum Gasteiger partial charge on any atom is 0.254 e. The standard InChI is InChI=1S/C21H22N2O4/c1-21(2)16-7-6-14(11-17(16)22-20(21)26)19(25)23-8-9-27-18(12-23)13-4-3-5-15(24)10-13/h3-7,10-11,18,24H,8-9,12H2,1-2H3,(H,22,26). The lowest BCUT2D eigenvalue weighted by molar-refractivity contribution is -0.119. The number of morpholine rings is 1. The largest absolute Gasteiger partial charge is 0.508 e. The molecule has 0 aliphatic carbocycles. The molecule has 0 spiro atoms. The van der Waals surface area contributed by atoms with Crippen LogP contribution < -0.4 is 5.32 Å². The molecule has 1 saturated heterocycles. The first kappa shape index (κ1) is 17.5. The molecule has 140 valence electrons. The van der Waals surface area contributed by atoms with E-state index in [-0.39, 0.29) is 23.7 Å². The van der Waals surface area contributed by atoms with Gasteiger partial charge in [-0.3, -0.25) is 9.59 Å². The van der Waals surface area contributed by atoms with Gasteiger partial charge in [0.05, 0.1) is 18.6 Å². The summed E-state index contributed by atoms with van der Waals surface area (Å²) in [5.74, 6) is 0.0270. The number of carbonyl (C=O) groups is 2. The average Bonchev–Trinajstić information content (AvgIpc) is 2.89. The molecule has 2 aromatic rings. The number of rotatable bonds is 2. The summed E-state index contributed by atoms with van der Waals surface area (Å²) >= 11 is 0. The summed E-state index contributed by atoms with van der Waals surface area (Å²) in [4.78, 5) is 26.9. The Labute approximate surface area is 157 Å². The van der Waals surface area contributed by atoms with Gasteiger partial charge in [0, 0.05) is 17.8 Å². The number of benzene rings is 2. The zero-order chi connectivity index (χ0) is 19.2. The second kappa shape index (κ2) is 6.39. The van der Waals surface area contributed by atoms with Gasteiger partial charge in [-0.15, -0.1) is 0 Å². The maximum absolute atomic E-state index is 13.0. The van der Waals surface area contributed by atoms with Crippen molar-refractivity contribution < 1.29 is 19.4 Å². The molecule has 2 aromatic carbocycles. The normalized spacial score (nSPS) is 20.9. The van der Waals surface area contributed by atoms with Crippen molar-refractivity contribution in [2.24, 2.45) is 0 Å². The van der Waals surface area contributed by atoms with Gasteiger partial charge in [-0.05, 0) is 49.2 Å². The van der Waals surface area contributed by atoms with Gasteiger partial charge in [-0.2, -0.15) is 0 Å². The Morgan fingerprint density at radius 1 is 1.26 bits per heavy atom. The third-order valence-corrected chi connectivity index (χ3v) is 5.35. The number of aromatic hydroxyl groups is 1. The van der Waals surface area contributed by atoms with Gasteiger partial charge in [0.2, 0.25) is 5.91 Å². The fraction of sp³-hybridized carbons (Fsp3) is 0.333. The zero-order valence-corrected chi connectivity index (χ0v) is 15.4. The molecule has 0 aromatic heterocycles. The van der Waals surface area contributed by atoms with Crippen molar-refractivity contribution in [3.8, 4) is 5.75 Å². The minimum absolute atomic E-state index is 0.0579. The summed E-state index contributed by atoms with van der Waals surface area (Å²) in [6, 6.07) is 12.3. The van der Waals surface area contributed by atoms with Crippen LogP contribution in [0.2, 0.25) is 0 Å². The smallest absolute Gasteiger partial charge is 0.254 e. The first-order valence-electron chi connectivity index (χ1n) is 9.02. The average molecular weight is 366 g/mol. The number of hydrogen-bond donors (Lipinski definition) is 2. The molecule has 6 heteroatoms. The first-order chi connectivity index (χ1) is 12.9. The highest BCUT2D eigenvalue weighted by Crippen LogP contribution is 2.38. The fourth-order valence-electron chi connectivity index (χ4n) is 3.67. The van der Waals surface area contributed by atoms with E-state index >= 15 is 0 Å². The van der Waals surface area contributed by atoms with E-state index in [0.29, 0.717) is 30.9 Å². The quantitative estimate of drug-likeness (QED) is 0.857. The van der Waals surface area contributed by atoms with Crippen LogP contribution in [-0.4, -0.2) is 41.5 Å². The highest BCUT2D eigenvalue weighted by atomic mass is 16.5. The molecule has 1 fully saturated rings. The third-order valence-electron chi connectivity index (χ3n) is 5.35. The van der Waals surface area contributed by atoms with Crippen LogP contribution in [0.3, 0.4) is 0 Å². The Kier molecular flexibility index (Phi) is 4.15. The molecule has 27 heavy (non-hydrogen) atoms.